The molecule has 0 aromatic heterocycles. The van der Waals surface area contributed by atoms with Gasteiger partial charge in [-0.15, -0.1) is 0 Å². The van der Waals surface area contributed by atoms with E-state index in [4.69, 9.17) is 15.3 Å². The summed E-state index contributed by atoms with van der Waals surface area (Å²) in [6.45, 7) is 12.2. The van der Waals surface area contributed by atoms with Gasteiger partial charge >= 0.3 is 12.1 Å². The highest BCUT2D eigenvalue weighted by molar-refractivity contribution is 5.87. The van der Waals surface area contributed by atoms with Gasteiger partial charge in [-0.1, -0.05) is 37.5 Å². The van der Waals surface area contributed by atoms with Gasteiger partial charge in [0.05, 0.1) is 6.04 Å². The highest BCUT2D eigenvalue weighted by Gasteiger charge is 2.40. The van der Waals surface area contributed by atoms with E-state index in [1.807, 2.05) is 5.32 Å². The topological polar surface area (TPSA) is 94.4 Å². The molecular weight excluding hydrogens is 514 g/mol. The lowest BCUT2D eigenvalue weighted by atomic mass is 9.97. The SMILES string of the molecule is C=C/C(C)=C(\C=C/CCCO)[C@@H](Oc1ccc(NC(=C)/C=C\C(F)=C/C)c(C=N)c1)[C@H](C)NC(=O)C(F)(F)F. The van der Waals surface area contributed by atoms with Crippen LogP contribution in [0.2, 0.25) is 0 Å². The van der Waals surface area contributed by atoms with Gasteiger partial charge in [0.1, 0.15) is 17.7 Å². The van der Waals surface area contributed by atoms with Crippen LogP contribution in [0.3, 0.4) is 0 Å². The van der Waals surface area contributed by atoms with E-state index in [1.54, 1.807) is 38.1 Å². The fraction of sp³-hybridized carbons (Fsp3) is 0.310. The first-order valence-electron chi connectivity index (χ1n) is 12.1. The van der Waals surface area contributed by atoms with E-state index in [1.165, 1.54) is 37.3 Å². The maximum atomic E-state index is 13.4. The molecule has 0 bridgehead atoms. The minimum atomic E-state index is -5.08. The highest BCUT2D eigenvalue weighted by atomic mass is 19.4. The first-order valence-corrected chi connectivity index (χ1v) is 12.1. The second kappa shape index (κ2) is 16.1. The quantitative estimate of drug-likeness (QED) is 0.0849. The zero-order chi connectivity index (χ0) is 29.6. The lowest BCUT2D eigenvalue weighted by molar-refractivity contribution is -0.174. The van der Waals surface area contributed by atoms with Crippen molar-refractivity contribution in [2.45, 2.75) is 51.9 Å². The summed E-state index contributed by atoms with van der Waals surface area (Å²) in [5, 5.41) is 21.8. The second-order valence-corrected chi connectivity index (χ2v) is 8.46. The van der Waals surface area contributed by atoms with Crippen LogP contribution in [0.4, 0.5) is 23.2 Å². The number of carbonyl (C=O) groups is 1. The third-order valence-corrected chi connectivity index (χ3v) is 5.42. The molecular formula is C29H35F4N3O3. The van der Waals surface area contributed by atoms with Crippen LogP contribution in [0.5, 0.6) is 5.75 Å². The standard InChI is InChI=1S/C29H35F4N3O3/c1-6-19(3)25(11-9-8-10-16-37)27(21(5)36-28(38)29(31,32)33)39-24-14-15-26(22(17-24)18-34)35-20(4)12-13-23(30)7-2/h6-7,9,11-15,17-18,21,27,34-35,37H,1,4,8,10,16H2,2-3,5H3,(H,36,38)/b11-9-,13-12-,23-7+,25-19+,34-18?/t21-,27-/m0/s1. The van der Waals surface area contributed by atoms with Crippen molar-refractivity contribution in [3.05, 3.63) is 96.0 Å². The zero-order valence-electron chi connectivity index (χ0n) is 22.2. The zero-order valence-corrected chi connectivity index (χ0v) is 22.2. The maximum Gasteiger partial charge on any atom is 0.471 e. The average molecular weight is 550 g/mol. The molecule has 212 valence electrons. The number of carbonyl (C=O) groups excluding carboxylic acids is 1. The normalized spacial score (nSPS) is 14.5. The van der Waals surface area contributed by atoms with Crippen molar-refractivity contribution in [3.63, 3.8) is 0 Å². The molecule has 1 aromatic rings. The summed E-state index contributed by atoms with van der Waals surface area (Å²) in [5.41, 5.74) is 2.26. The Kier molecular flexibility index (Phi) is 13.7. The van der Waals surface area contributed by atoms with Crippen molar-refractivity contribution in [2.75, 3.05) is 11.9 Å². The Bertz CT molecular complexity index is 1150. The number of benzene rings is 1. The fourth-order valence-electron chi connectivity index (χ4n) is 3.27. The van der Waals surface area contributed by atoms with Crippen LogP contribution in [0.25, 0.3) is 0 Å². The summed E-state index contributed by atoms with van der Waals surface area (Å²) < 4.78 is 58.5. The Morgan fingerprint density at radius 1 is 1.26 bits per heavy atom. The molecule has 0 saturated heterocycles. The van der Waals surface area contributed by atoms with Crippen LogP contribution < -0.4 is 15.4 Å². The Morgan fingerprint density at radius 2 is 1.95 bits per heavy atom. The number of hydrogen-bond donors (Lipinski definition) is 4. The first kappa shape index (κ1) is 33.1. The molecule has 2 atom stereocenters. The molecule has 4 N–H and O–H groups in total. The number of halogens is 4. The van der Waals surface area contributed by atoms with Gasteiger partial charge < -0.3 is 25.9 Å². The fourth-order valence-corrected chi connectivity index (χ4v) is 3.27. The van der Waals surface area contributed by atoms with Gasteiger partial charge in [-0.2, -0.15) is 13.2 Å². The summed E-state index contributed by atoms with van der Waals surface area (Å²) in [6.07, 6.45) is 4.76. The van der Waals surface area contributed by atoms with Crippen molar-refractivity contribution in [3.8, 4) is 5.75 Å². The molecule has 1 rings (SSSR count). The molecule has 0 aliphatic heterocycles. The number of unbranched alkanes of at least 4 members (excludes halogenated alkanes) is 1. The molecule has 0 aliphatic rings. The van der Waals surface area contributed by atoms with Crippen molar-refractivity contribution < 1.29 is 32.2 Å². The van der Waals surface area contributed by atoms with Gasteiger partial charge in [-0.3, -0.25) is 4.79 Å². The van der Waals surface area contributed by atoms with E-state index in [0.29, 0.717) is 40.9 Å². The molecule has 39 heavy (non-hydrogen) atoms. The summed E-state index contributed by atoms with van der Waals surface area (Å²) in [6, 6.07) is 3.50. The number of ether oxygens (including phenoxy) is 1. The van der Waals surface area contributed by atoms with E-state index in [2.05, 4.69) is 18.5 Å². The number of aliphatic hydroxyl groups excluding tert-OH is 1. The van der Waals surface area contributed by atoms with Crippen LogP contribution in [-0.2, 0) is 4.79 Å². The molecule has 0 fully saturated rings. The minimum Gasteiger partial charge on any atom is -0.484 e. The summed E-state index contributed by atoms with van der Waals surface area (Å²) >= 11 is 0. The van der Waals surface area contributed by atoms with Crippen LogP contribution in [-0.4, -0.2) is 42.2 Å². The molecule has 0 aliphatic carbocycles. The number of amides is 1. The smallest absolute Gasteiger partial charge is 0.471 e. The number of alkyl halides is 3. The second-order valence-electron chi connectivity index (χ2n) is 8.46. The number of allylic oxidation sites excluding steroid dienone is 7. The Hall–Kier alpha value is -3.92. The van der Waals surface area contributed by atoms with Gasteiger partial charge in [0, 0.05) is 29.8 Å². The lowest BCUT2D eigenvalue weighted by Crippen LogP contribution is -2.49. The van der Waals surface area contributed by atoms with Crippen molar-refractivity contribution in [1.82, 2.24) is 5.32 Å². The van der Waals surface area contributed by atoms with E-state index in [0.717, 1.165) is 6.21 Å². The van der Waals surface area contributed by atoms with Gasteiger partial charge in [0.15, 0.2) is 0 Å². The largest absolute Gasteiger partial charge is 0.484 e. The molecule has 1 aromatic carbocycles. The van der Waals surface area contributed by atoms with E-state index in [9.17, 15) is 22.4 Å². The summed E-state index contributed by atoms with van der Waals surface area (Å²) in [7, 11) is 0. The van der Waals surface area contributed by atoms with Crippen LogP contribution in [0, 0.1) is 5.41 Å². The number of aliphatic hydroxyl groups is 1. The van der Waals surface area contributed by atoms with E-state index >= 15 is 0 Å². The average Bonchev–Trinajstić information content (AvgIpc) is 2.90. The van der Waals surface area contributed by atoms with Crippen molar-refractivity contribution in [1.29, 1.82) is 5.41 Å². The molecule has 0 heterocycles. The molecule has 0 radical (unpaired) electrons. The number of nitrogens with one attached hydrogen (secondary N) is 3. The van der Waals surface area contributed by atoms with E-state index < -0.39 is 30.1 Å². The number of rotatable bonds is 15. The van der Waals surface area contributed by atoms with Crippen molar-refractivity contribution >= 4 is 17.8 Å². The predicted molar refractivity (Wildman–Crippen MR) is 148 cm³/mol. The molecule has 0 spiro atoms. The van der Waals surface area contributed by atoms with Crippen LogP contribution in [0.15, 0.2) is 90.5 Å². The molecule has 0 unspecified atom stereocenters. The first-order chi connectivity index (χ1) is 18.4. The van der Waals surface area contributed by atoms with Gasteiger partial charge in [-0.05, 0) is 75.1 Å². The molecule has 1 amide bonds. The van der Waals surface area contributed by atoms with Gasteiger partial charge in [0.2, 0.25) is 0 Å². The minimum absolute atomic E-state index is 0.0267. The maximum absolute atomic E-state index is 13.4. The van der Waals surface area contributed by atoms with E-state index in [-0.39, 0.29) is 12.4 Å². The van der Waals surface area contributed by atoms with Crippen LogP contribution in [0.1, 0.15) is 39.2 Å². The molecule has 10 heteroatoms. The Morgan fingerprint density at radius 3 is 2.51 bits per heavy atom. The monoisotopic (exact) mass is 549 g/mol. The summed E-state index contributed by atoms with van der Waals surface area (Å²) in [5.74, 6) is -2.34. The summed E-state index contributed by atoms with van der Waals surface area (Å²) in [4.78, 5) is 11.7. The van der Waals surface area contributed by atoms with Gasteiger partial charge in [-0.25, -0.2) is 4.39 Å². The number of hydrogen-bond acceptors (Lipinski definition) is 5. The third kappa shape index (κ3) is 11.2. The molecule has 6 nitrogen and oxygen atoms in total. The van der Waals surface area contributed by atoms with Gasteiger partial charge in [0.25, 0.3) is 0 Å². The molecule has 0 saturated carbocycles. The third-order valence-electron chi connectivity index (χ3n) is 5.42. The lowest BCUT2D eigenvalue weighted by Gasteiger charge is -2.29. The Labute approximate surface area is 226 Å². The van der Waals surface area contributed by atoms with Crippen LogP contribution >= 0.6 is 0 Å². The number of anilines is 1. The Balaban J connectivity index is 3.42. The highest BCUT2D eigenvalue weighted by Crippen LogP contribution is 2.27. The van der Waals surface area contributed by atoms with Crippen molar-refractivity contribution in [2.24, 2.45) is 0 Å². The predicted octanol–water partition coefficient (Wildman–Crippen LogP) is 6.68.